The Morgan fingerprint density at radius 3 is 2.31 bits per heavy atom. The van der Waals surface area contributed by atoms with Crippen LogP contribution in [-0.2, 0) is 4.79 Å². The Morgan fingerprint density at radius 2 is 2.00 bits per heavy atom. The average Bonchev–Trinajstić information content (AvgIpc) is 2.24. The van der Waals surface area contributed by atoms with Crippen molar-refractivity contribution in [3.05, 3.63) is 0 Å². The zero-order valence-electron chi connectivity index (χ0n) is 10.2. The number of oxime groups is 1. The van der Waals surface area contributed by atoms with Crippen molar-refractivity contribution in [2.24, 2.45) is 22.2 Å². The summed E-state index contributed by atoms with van der Waals surface area (Å²) in [6.45, 7) is 7.25. The van der Waals surface area contributed by atoms with E-state index in [4.69, 9.17) is 10.9 Å². The third kappa shape index (κ3) is 1.86. The van der Waals surface area contributed by atoms with Gasteiger partial charge in [0.15, 0.2) is 5.84 Å². The van der Waals surface area contributed by atoms with E-state index in [-0.39, 0.29) is 11.7 Å². The summed E-state index contributed by atoms with van der Waals surface area (Å²) in [7, 11) is 0. The predicted octanol–water partition coefficient (Wildman–Crippen LogP) is 1.02. The molecular weight excluding hydrogens is 206 g/mol. The fourth-order valence-corrected chi connectivity index (χ4v) is 2.53. The molecule has 0 unspecified atom stereocenters. The molecule has 1 aliphatic rings. The molecule has 0 aliphatic heterocycles. The molecule has 0 aromatic heterocycles. The number of amides is 1. The van der Waals surface area contributed by atoms with Gasteiger partial charge in [0, 0.05) is 13.1 Å². The van der Waals surface area contributed by atoms with E-state index in [0.29, 0.717) is 31.8 Å². The van der Waals surface area contributed by atoms with Crippen LogP contribution in [0.5, 0.6) is 0 Å². The fourth-order valence-electron chi connectivity index (χ4n) is 2.53. The Morgan fingerprint density at radius 1 is 1.50 bits per heavy atom. The second kappa shape index (κ2) is 4.72. The molecule has 0 radical (unpaired) electrons. The summed E-state index contributed by atoms with van der Waals surface area (Å²) in [4.78, 5) is 14.0. The van der Waals surface area contributed by atoms with Crippen LogP contribution in [0.2, 0.25) is 0 Å². The van der Waals surface area contributed by atoms with E-state index in [1.165, 1.54) is 0 Å². The van der Waals surface area contributed by atoms with Crippen molar-refractivity contribution in [2.75, 3.05) is 13.1 Å². The molecule has 1 fully saturated rings. The summed E-state index contributed by atoms with van der Waals surface area (Å²) in [5.41, 5.74) is 4.93. The Bertz CT molecular complexity index is 292. The maximum absolute atomic E-state index is 12.3. The second-order valence-electron chi connectivity index (χ2n) is 4.56. The summed E-state index contributed by atoms with van der Waals surface area (Å²) in [5, 5.41) is 11.8. The highest BCUT2D eigenvalue weighted by molar-refractivity contribution is 6.07. The topological polar surface area (TPSA) is 78.9 Å². The first-order valence-corrected chi connectivity index (χ1v) is 5.79. The lowest BCUT2D eigenvalue weighted by atomic mass is 9.61. The van der Waals surface area contributed by atoms with Crippen LogP contribution in [0.25, 0.3) is 0 Å². The number of carbonyl (C=O) groups excluding carboxylic acids is 1. The van der Waals surface area contributed by atoms with Gasteiger partial charge in [-0.1, -0.05) is 12.1 Å². The van der Waals surface area contributed by atoms with Crippen molar-refractivity contribution in [3.63, 3.8) is 0 Å². The molecule has 0 saturated heterocycles. The Balaban J connectivity index is 2.91. The average molecular weight is 227 g/mol. The molecule has 3 N–H and O–H groups in total. The normalized spacial score (nSPS) is 29.7. The first kappa shape index (κ1) is 12.8. The lowest BCUT2D eigenvalue weighted by molar-refractivity contribution is -0.144. The molecule has 16 heavy (non-hydrogen) atoms. The van der Waals surface area contributed by atoms with Crippen molar-refractivity contribution in [2.45, 2.75) is 33.6 Å². The molecule has 1 aliphatic carbocycles. The second-order valence-corrected chi connectivity index (χ2v) is 4.56. The van der Waals surface area contributed by atoms with Crippen LogP contribution in [-0.4, -0.2) is 34.9 Å². The van der Waals surface area contributed by atoms with Crippen molar-refractivity contribution in [3.8, 4) is 0 Å². The van der Waals surface area contributed by atoms with Crippen LogP contribution in [0.15, 0.2) is 5.16 Å². The Labute approximate surface area is 96.3 Å². The number of carbonyl (C=O) groups is 1. The molecule has 0 atom stereocenters. The first-order chi connectivity index (χ1) is 7.51. The van der Waals surface area contributed by atoms with Crippen LogP contribution in [0.4, 0.5) is 0 Å². The molecule has 92 valence electrons. The van der Waals surface area contributed by atoms with Gasteiger partial charge in [-0.3, -0.25) is 4.79 Å². The fraction of sp³-hybridized carbons (Fsp3) is 0.818. The van der Waals surface area contributed by atoms with Crippen molar-refractivity contribution in [1.82, 2.24) is 4.90 Å². The molecular formula is C11H21N3O2. The molecule has 0 bridgehead atoms. The molecule has 1 saturated carbocycles. The molecule has 5 nitrogen and oxygen atoms in total. The van der Waals surface area contributed by atoms with Crippen LogP contribution in [0.3, 0.4) is 0 Å². The van der Waals surface area contributed by atoms with Crippen LogP contribution in [0, 0.1) is 11.3 Å². The lowest BCUT2D eigenvalue weighted by Gasteiger charge is -2.46. The maximum Gasteiger partial charge on any atom is 0.236 e. The van der Waals surface area contributed by atoms with E-state index >= 15 is 0 Å². The highest BCUT2D eigenvalue weighted by atomic mass is 16.4. The van der Waals surface area contributed by atoms with Gasteiger partial charge in [0.1, 0.15) is 5.41 Å². The molecule has 1 amide bonds. The number of nitrogens with zero attached hydrogens (tertiary/aromatic N) is 2. The maximum atomic E-state index is 12.3. The van der Waals surface area contributed by atoms with E-state index in [0.717, 1.165) is 0 Å². The largest absolute Gasteiger partial charge is 0.409 e. The van der Waals surface area contributed by atoms with E-state index in [2.05, 4.69) is 12.1 Å². The van der Waals surface area contributed by atoms with Gasteiger partial charge in [0.05, 0.1) is 0 Å². The Kier molecular flexibility index (Phi) is 3.78. The zero-order valence-corrected chi connectivity index (χ0v) is 10.2. The standard InChI is InChI=1S/C11H21N3O2/c1-4-14(5-2)10(15)11(9(12)13-16)6-8(3)7-11/h8,16H,4-7H2,1-3H3,(H2,12,13). The van der Waals surface area contributed by atoms with Crippen LogP contribution >= 0.6 is 0 Å². The number of rotatable bonds is 4. The van der Waals surface area contributed by atoms with Gasteiger partial charge in [-0.2, -0.15) is 0 Å². The van der Waals surface area contributed by atoms with Gasteiger partial charge in [-0.05, 0) is 32.6 Å². The first-order valence-electron chi connectivity index (χ1n) is 5.79. The van der Waals surface area contributed by atoms with Crippen molar-refractivity contribution >= 4 is 11.7 Å². The lowest BCUT2D eigenvalue weighted by Crippen LogP contribution is -2.57. The summed E-state index contributed by atoms with van der Waals surface area (Å²) in [6, 6.07) is 0. The SMILES string of the molecule is CCN(CC)C(=O)C1(C(N)=NO)CC(C)C1. The number of hydrogen-bond acceptors (Lipinski definition) is 3. The molecule has 1 rings (SSSR count). The minimum absolute atomic E-state index is 0.00843. The summed E-state index contributed by atoms with van der Waals surface area (Å²) in [6.07, 6.45) is 1.36. The van der Waals surface area contributed by atoms with E-state index in [1.54, 1.807) is 4.90 Å². The minimum atomic E-state index is -0.750. The van der Waals surface area contributed by atoms with Gasteiger partial charge in [0.2, 0.25) is 5.91 Å². The predicted molar refractivity (Wildman–Crippen MR) is 62.2 cm³/mol. The highest BCUT2D eigenvalue weighted by Crippen LogP contribution is 2.46. The monoisotopic (exact) mass is 227 g/mol. The van der Waals surface area contributed by atoms with Gasteiger partial charge >= 0.3 is 0 Å². The molecule has 0 spiro atoms. The zero-order chi connectivity index (χ0) is 12.3. The molecule has 5 heteroatoms. The van der Waals surface area contributed by atoms with Gasteiger partial charge < -0.3 is 15.8 Å². The van der Waals surface area contributed by atoms with Crippen molar-refractivity contribution in [1.29, 1.82) is 0 Å². The molecule has 0 heterocycles. The summed E-state index contributed by atoms with van der Waals surface area (Å²) >= 11 is 0. The number of nitrogens with two attached hydrogens (primary N) is 1. The van der Waals surface area contributed by atoms with E-state index < -0.39 is 5.41 Å². The number of amidine groups is 1. The van der Waals surface area contributed by atoms with E-state index in [1.807, 2.05) is 13.8 Å². The smallest absolute Gasteiger partial charge is 0.236 e. The Hall–Kier alpha value is -1.26. The van der Waals surface area contributed by atoms with Crippen molar-refractivity contribution < 1.29 is 10.0 Å². The number of hydrogen-bond donors (Lipinski definition) is 2. The minimum Gasteiger partial charge on any atom is -0.409 e. The summed E-state index contributed by atoms with van der Waals surface area (Å²) < 4.78 is 0. The van der Waals surface area contributed by atoms with Gasteiger partial charge in [-0.15, -0.1) is 0 Å². The third-order valence-corrected chi connectivity index (χ3v) is 3.45. The molecule has 0 aromatic rings. The summed E-state index contributed by atoms with van der Waals surface area (Å²) in [5.74, 6) is 0.508. The van der Waals surface area contributed by atoms with Crippen LogP contribution in [0.1, 0.15) is 33.6 Å². The van der Waals surface area contributed by atoms with Crippen LogP contribution < -0.4 is 5.73 Å². The molecule has 0 aromatic carbocycles. The van der Waals surface area contributed by atoms with Gasteiger partial charge in [-0.25, -0.2) is 0 Å². The highest BCUT2D eigenvalue weighted by Gasteiger charge is 2.53. The third-order valence-electron chi connectivity index (χ3n) is 3.45. The van der Waals surface area contributed by atoms with Gasteiger partial charge in [0.25, 0.3) is 0 Å². The van der Waals surface area contributed by atoms with E-state index in [9.17, 15) is 4.79 Å². The quantitative estimate of drug-likeness (QED) is 0.326.